The van der Waals surface area contributed by atoms with Crippen molar-refractivity contribution >= 4 is 12.0 Å². The molecule has 19 heavy (non-hydrogen) atoms. The van der Waals surface area contributed by atoms with Crippen LogP contribution in [-0.2, 0) is 21.0 Å². The average Bonchev–Trinajstić information content (AvgIpc) is 2.87. The zero-order valence-electron chi connectivity index (χ0n) is 10.2. The monoisotopic (exact) mass is 261 g/mol. The first-order valence-corrected chi connectivity index (χ1v) is 5.61. The van der Waals surface area contributed by atoms with Crippen molar-refractivity contribution in [3.63, 3.8) is 0 Å². The van der Waals surface area contributed by atoms with Gasteiger partial charge in [-0.2, -0.15) is 4.89 Å². The Balaban J connectivity index is 2.39. The molecule has 0 atom stereocenters. The Bertz CT molecular complexity index is 576. The van der Waals surface area contributed by atoms with Gasteiger partial charge in [-0.15, -0.1) is 0 Å². The van der Waals surface area contributed by atoms with Gasteiger partial charge in [0.05, 0.1) is 6.61 Å². The number of azide groups is 1. The standard InChI is InChI=1S/C12H11N3O4/c1-2-17-12(16)10(14-15-13)6-8-4-3-5-9-7-18-19-11(8)9/h3-6H,2,7H2,1H3. The van der Waals surface area contributed by atoms with Crippen LogP contribution in [0.1, 0.15) is 18.1 Å². The SMILES string of the molecule is CCOC(=O)C(=Cc1cccc2c1OOC2)N=[N+]=[N-]. The third kappa shape index (κ3) is 2.85. The Morgan fingerprint density at radius 3 is 3.21 bits per heavy atom. The van der Waals surface area contributed by atoms with E-state index in [1.807, 2.05) is 6.07 Å². The molecule has 1 aliphatic rings. The summed E-state index contributed by atoms with van der Waals surface area (Å²) in [6, 6.07) is 5.36. The van der Waals surface area contributed by atoms with Crippen LogP contribution in [0.15, 0.2) is 29.0 Å². The number of carbonyl (C=O) groups is 1. The van der Waals surface area contributed by atoms with Crippen LogP contribution in [0.25, 0.3) is 16.5 Å². The lowest BCUT2D eigenvalue weighted by atomic mass is 10.1. The van der Waals surface area contributed by atoms with Crippen LogP contribution in [0.3, 0.4) is 0 Å². The van der Waals surface area contributed by atoms with E-state index in [-0.39, 0.29) is 12.3 Å². The van der Waals surface area contributed by atoms with E-state index in [1.54, 1.807) is 19.1 Å². The highest BCUT2D eigenvalue weighted by Gasteiger charge is 2.18. The van der Waals surface area contributed by atoms with E-state index < -0.39 is 5.97 Å². The normalized spacial score (nSPS) is 13.2. The maximum atomic E-state index is 11.6. The van der Waals surface area contributed by atoms with Crippen molar-refractivity contribution in [3.8, 4) is 5.75 Å². The number of rotatable bonds is 4. The van der Waals surface area contributed by atoms with E-state index in [4.69, 9.17) is 20.0 Å². The summed E-state index contributed by atoms with van der Waals surface area (Å²) in [5.74, 6) is -0.172. The highest BCUT2D eigenvalue weighted by molar-refractivity contribution is 5.93. The van der Waals surface area contributed by atoms with Crippen LogP contribution in [0.2, 0.25) is 0 Å². The smallest absolute Gasteiger partial charge is 0.340 e. The lowest BCUT2D eigenvalue weighted by molar-refractivity contribution is -0.194. The second kappa shape index (κ2) is 5.90. The number of benzene rings is 1. The summed E-state index contributed by atoms with van der Waals surface area (Å²) in [4.78, 5) is 24.1. The van der Waals surface area contributed by atoms with E-state index in [1.165, 1.54) is 6.08 Å². The summed E-state index contributed by atoms with van der Waals surface area (Å²) in [6.45, 7) is 2.21. The molecule has 1 aromatic rings. The van der Waals surface area contributed by atoms with Crippen LogP contribution in [0.4, 0.5) is 0 Å². The van der Waals surface area contributed by atoms with E-state index in [0.29, 0.717) is 17.9 Å². The predicted molar refractivity (Wildman–Crippen MR) is 65.6 cm³/mol. The van der Waals surface area contributed by atoms with Crippen molar-refractivity contribution in [1.29, 1.82) is 0 Å². The summed E-state index contributed by atoms with van der Waals surface area (Å²) in [7, 11) is 0. The second-order valence-electron chi connectivity index (χ2n) is 3.62. The molecule has 0 bridgehead atoms. The quantitative estimate of drug-likeness (QED) is 0.208. The molecule has 1 aliphatic heterocycles. The second-order valence-corrected chi connectivity index (χ2v) is 3.62. The fourth-order valence-corrected chi connectivity index (χ4v) is 1.61. The van der Waals surface area contributed by atoms with Crippen molar-refractivity contribution in [2.75, 3.05) is 6.61 Å². The molecule has 2 rings (SSSR count). The van der Waals surface area contributed by atoms with Crippen LogP contribution in [0, 0.1) is 0 Å². The van der Waals surface area contributed by atoms with Gasteiger partial charge in [0.15, 0.2) is 5.75 Å². The van der Waals surface area contributed by atoms with Gasteiger partial charge in [0, 0.05) is 16.0 Å². The molecule has 98 valence electrons. The predicted octanol–water partition coefficient (Wildman–Crippen LogP) is 2.72. The molecule has 1 heterocycles. The van der Waals surface area contributed by atoms with Gasteiger partial charge in [0.1, 0.15) is 12.3 Å². The molecule has 0 spiro atoms. The number of hydrogen-bond donors (Lipinski definition) is 0. The molecule has 1 aromatic carbocycles. The Morgan fingerprint density at radius 2 is 2.47 bits per heavy atom. The summed E-state index contributed by atoms with van der Waals surface area (Å²) in [6.07, 6.45) is 1.41. The number of fused-ring (bicyclic) bond motifs is 1. The fourth-order valence-electron chi connectivity index (χ4n) is 1.61. The van der Waals surface area contributed by atoms with Gasteiger partial charge in [0.2, 0.25) is 0 Å². The molecule has 0 saturated carbocycles. The number of esters is 1. The van der Waals surface area contributed by atoms with Gasteiger partial charge in [-0.1, -0.05) is 23.3 Å². The molecule has 0 aliphatic carbocycles. The van der Waals surface area contributed by atoms with Crippen molar-refractivity contribution in [2.24, 2.45) is 5.11 Å². The van der Waals surface area contributed by atoms with Crippen LogP contribution < -0.4 is 4.89 Å². The molecular formula is C12H11N3O4. The first kappa shape index (κ1) is 12.9. The molecule has 7 heteroatoms. The van der Waals surface area contributed by atoms with Crippen molar-refractivity contribution in [3.05, 3.63) is 45.5 Å². The van der Waals surface area contributed by atoms with Gasteiger partial charge < -0.3 is 9.62 Å². The van der Waals surface area contributed by atoms with Gasteiger partial charge in [-0.05, 0) is 18.5 Å². The number of para-hydroxylation sites is 1. The molecular weight excluding hydrogens is 250 g/mol. The largest absolute Gasteiger partial charge is 0.462 e. The topological polar surface area (TPSA) is 93.5 Å². The zero-order valence-corrected chi connectivity index (χ0v) is 10.2. The highest BCUT2D eigenvalue weighted by atomic mass is 17.2. The molecule has 0 fully saturated rings. The lowest BCUT2D eigenvalue weighted by Gasteiger charge is -2.03. The lowest BCUT2D eigenvalue weighted by Crippen LogP contribution is -2.05. The molecule has 0 saturated heterocycles. The molecule has 0 unspecified atom stereocenters. The first-order chi connectivity index (χ1) is 9.26. The maximum absolute atomic E-state index is 11.6. The number of ether oxygens (including phenoxy) is 1. The minimum atomic E-state index is -0.684. The molecule has 0 N–H and O–H groups in total. The summed E-state index contributed by atoms with van der Waals surface area (Å²) >= 11 is 0. The Labute approximate surface area is 108 Å². The Morgan fingerprint density at radius 1 is 1.63 bits per heavy atom. The maximum Gasteiger partial charge on any atom is 0.340 e. The third-order valence-electron chi connectivity index (χ3n) is 2.41. The van der Waals surface area contributed by atoms with E-state index in [2.05, 4.69) is 10.0 Å². The summed E-state index contributed by atoms with van der Waals surface area (Å²) in [5.41, 5.74) is 9.80. The number of hydrogen-bond acceptors (Lipinski definition) is 5. The Hall–Kier alpha value is -2.50. The van der Waals surface area contributed by atoms with Crippen molar-refractivity contribution in [2.45, 2.75) is 13.5 Å². The minimum absolute atomic E-state index is 0.131. The van der Waals surface area contributed by atoms with E-state index in [9.17, 15) is 4.79 Å². The van der Waals surface area contributed by atoms with Gasteiger partial charge in [-0.3, -0.25) is 0 Å². The molecule has 0 amide bonds. The van der Waals surface area contributed by atoms with E-state index in [0.717, 1.165) is 5.56 Å². The van der Waals surface area contributed by atoms with Crippen LogP contribution >= 0.6 is 0 Å². The molecule has 0 aromatic heterocycles. The molecule has 7 nitrogen and oxygen atoms in total. The minimum Gasteiger partial charge on any atom is -0.462 e. The van der Waals surface area contributed by atoms with Gasteiger partial charge >= 0.3 is 5.97 Å². The number of nitrogens with zero attached hydrogens (tertiary/aromatic N) is 3. The van der Waals surface area contributed by atoms with Crippen LogP contribution in [-0.4, -0.2) is 12.6 Å². The average molecular weight is 261 g/mol. The van der Waals surface area contributed by atoms with Crippen molar-refractivity contribution < 1.29 is 19.3 Å². The molecule has 0 radical (unpaired) electrons. The summed E-state index contributed by atoms with van der Waals surface area (Å²) in [5, 5.41) is 3.33. The van der Waals surface area contributed by atoms with Gasteiger partial charge in [-0.25, -0.2) is 4.79 Å². The summed E-state index contributed by atoms with van der Waals surface area (Å²) < 4.78 is 4.80. The highest BCUT2D eigenvalue weighted by Crippen LogP contribution is 2.31. The first-order valence-electron chi connectivity index (χ1n) is 5.61. The number of carbonyl (C=O) groups excluding carboxylic acids is 1. The van der Waals surface area contributed by atoms with E-state index >= 15 is 0 Å². The van der Waals surface area contributed by atoms with Gasteiger partial charge in [0.25, 0.3) is 0 Å². The zero-order chi connectivity index (χ0) is 13.7. The fraction of sp³-hybridized carbons (Fsp3) is 0.250. The third-order valence-corrected chi connectivity index (χ3v) is 2.41. The Kier molecular flexibility index (Phi) is 4.02. The van der Waals surface area contributed by atoms with Crippen LogP contribution in [0.5, 0.6) is 5.75 Å². The van der Waals surface area contributed by atoms with Crippen molar-refractivity contribution in [1.82, 2.24) is 0 Å².